The Morgan fingerprint density at radius 3 is 3.00 bits per heavy atom. The van der Waals surface area contributed by atoms with Crippen molar-refractivity contribution >= 4 is 42.7 Å². The lowest BCUT2D eigenvalue weighted by Crippen LogP contribution is -1.89. The van der Waals surface area contributed by atoms with Gasteiger partial charge in [-0.25, -0.2) is 4.98 Å². The topological polar surface area (TPSA) is 61.0 Å². The number of halogens is 1. The molecule has 0 atom stereocenters. The third-order valence-corrected chi connectivity index (χ3v) is 2.90. The Morgan fingerprint density at radius 1 is 1.54 bits per heavy atom. The van der Waals surface area contributed by atoms with Crippen LogP contribution in [0, 0.1) is 0 Å². The first kappa shape index (κ1) is 8.71. The van der Waals surface area contributed by atoms with E-state index in [1.165, 1.54) is 11.3 Å². The molecule has 0 saturated carbocycles. The second-order valence-corrected chi connectivity index (χ2v) is 4.27. The van der Waals surface area contributed by atoms with Crippen molar-refractivity contribution in [3.8, 4) is 5.88 Å². The lowest BCUT2D eigenvalue weighted by molar-refractivity contribution is 0.396. The number of hydrogen-bond donors (Lipinski definition) is 1. The third-order valence-electron chi connectivity index (χ3n) is 1.51. The van der Waals surface area contributed by atoms with Crippen LogP contribution in [0.15, 0.2) is 10.5 Å². The van der Waals surface area contributed by atoms with Gasteiger partial charge in [-0.3, -0.25) is 0 Å². The lowest BCUT2D eigenvalue weighted by Gasteiger charge is -1.99. The largest absolute Gasteiger partial charge is 0.480 e. The number of nitrogens with two attached hydrogens (primary N) is 1. The number of thiazole rings is 1. The molecule has 2 N–H and O–H groups in total. The molecule has 4 nitrogen and oxygen atoms in total. The molecular formula is C7H6BrN3OS. The normalized spacial score (nSPS) is 10.6. The molecule has 0 aromatic carbocycles. The summed E-state index contributed by atoms with van der Waals surface area (Å²) in [6.07, 6.45) is 0. The first-order valence-electron chi connectivity index (χ1n) is 3.47. The molecule has 0 spiro atoms. The van der Waals surface area contributed by atoms with Gasteiger partial charge in [0.15, 0.2) is 10.8 Å². The number of anilines is 1. The summed E-state index contributed by atoms with van der Waals surface area (Å²) in [7, 11) is 1.56. The maximum absolute atomic E-state index is 5.54. The van der Waals surface area contributed by atoms with Gasteiger partial charge < -0.3 is 10.5 Å². The lowest BCUT2D eigenvalue weighted by atomic mass is 10.5. The van der Waals surface area contributed by atoms with Crippen molar-refractivity contribution in [2.24, 2.45) is 0 Å². The van der Waals surface area contributed by atoms with Crippen LogP contribution < -0.4 is 10.5 Å². The van der Waals surface area contributed by atoms with Crippen LogP contribution in [-0.4, -0.2) is 17.1 Å². The van der Waals surface area contributed by atoms with Gasteiger partial charge in [0, 0.05) is 0 Å². The fourth-order valence-corrected chi connectivity index (χ4v) is 2.33. The summed E-state index contributed by atoms with van der Waals surface area (Å²) in [5.41, 5.74) is 6.17. The zero-order valence-corrected chi connectivity index (χ0v) is 9.15. The van der Waals surface area contributed by atoms with Crippen LogP contribution >= 0.6 is 27.3 Å². The van der Waals surface area contributed by atoms with Gasteiger partial charge in [-0.2, -0.15) is 4.98 Å². The Balaban J connectivity index is 2.72. The van der Waals surface area contributed by atoms with Crippen molar-refractivity contribution in [2.75, 3.05) is 12.8 Å². The quantitative estimate of drug-likeness (QED) is 0.852. The molecule has 0 unspecified atom stereocenters. The summed E-state index contributed by atoms with van der Waals surface area (Å²) in [5, 5.41) is 0.516. The molecule has 13 heavy (non-hydrogen) atoms. The van der Waals surface area contributed by atoms with E-state index >= 15 is 0 Å². The summed E-state index contributed by atoms with van der Waals surface area (Å²) in [6.45, 7) is 0. The van der Waals surface area contributed by atoms with Gasteiger partial charge in [0.2, 0.25) is 5.88 Å². The van der Waals surface area contributed by atoms with Gasteiger partial charge in [-0.1, -0.05) is 11.3 Å². The zero-order valence-electron chi connectivity index (χ0n) is 6.74. The maximum Gasteiger partial charge on any atom is 0.229 e. The molecule has 0 aliphatic rings. The van der Waals surface area contributed by atoms with Crippen molar-refractivity contribution in [1.82, 2.24) is 9.97 Å². The molecule has 0 bridgehead atoms. The van der Waals surface area contributed by atoms with E-state index in [0.29, 0.717) is 16.7 Å². The summed E-state index contributed by atoms with van der Waals surface area (Å²) < 4.78 is 6.79. The number of pyridine rings is 1. The molecule has 2 aromatic rings. The van der Waals surface area contributed by atoms with Crippen molar-refractivity contribution in [3.05, 3.63) is 10.5 Å². The van der Waals surface area contributed by atoms with Crippen molar-refractivity contribution in [1.29, 1.82) is 0 Å². The maximum atomic E-state index is 5.54. The molecule has 6 heteroatoms. The van der Waals surface area contributed by atoms with Crippen LogP contribution in [0.3, 0.4) is 0 Å². The second kappa shape index (κ2) is 3.12. The molecule has 2 rings (SSSR count). The monoisotopic (exact) mass is 259 g/mol. The fraction of sp³-hybridized carbons (Fsp3) is 0.143. The summed E-state index contributed by atoms with van der Waals surface area (Å²) in [4.78, 5) is 8.21. The van der Waals surface area contributed by atoms with Gasteiger partial charge in [0.1, 0.15) is 0 Å². The van der Waals surface area contributed by atoms with Crippen LogP contribution in [0.4, 0.5) is 5.13 Å². The molecule has 68 valence electrons. The minimum Gasteiger partial charge on any atom is -0.480 e. The minimum absolute atomic E-state index is 0.516. The number of ether oxygens (including phenoxy) is 1. The minimum atomic E-state index is 0.516. The van der Waals surface area contributed by atoms with E-state index in [4.69, 9.17) is 10.5 Å². The third kappa shape index (κ3) is 1.47. The highest BCUT2D eigenvalue weighted by atomic mass is 79.9. The molecule has 2 heterocycles. The highest BCUT2D eigenvalue weighted by molar-refractivity contribution is 9.10. The number of nitrogen functional groups attached to an aromatic ring is 1. The van der Waals surface area contributed by atoms with E-state index in [0.717, 1.165) is 9.17 Å². The van der Waals surface area contributed by atoms with Crippen LogP contribution in [-0.2, 0) is 0 Å². The van der Waals surface area contributed by atoms with Crippen molar-refractivity contribution in [2.45, 2.75) is 0 Å². The Bertz CT molecular complexity index is 456. The van der Waals surface area contributed by atoms with E-state index in [1.807, 2.05) is 6.07 Å². The van der Waals surface area contributed by atoms with E-state index in [9.17, 15) is 0 Å². The number of aromatic nitrogens is 2. The first-order chi connectivity index (χ1) is 6.20. The van der Waals surface area contributed by atoms with Crippen LogP contribution in [0.25, 0.3) is 10.3 Å². The predicted molar refractivity (Wildman–Crippen MR) is 56.1 cm³/mol. The smallest absolute Gasteiger partial charge is 0.229 e. The van der Waals surface area contributed by atoms with Crippen molar-refractivity contribution < 1.29 is 4.74 Å². The number of hydrogen-bond acceptors (Lipinski definition) is 5. The van der Waals surface area contributed by atoms with Crippen LogP contribution in [0.5, 0.6) is 5.88 Å². The molecule has 0 amide bonds. The van der Waals surface area contributed by atoms with Gasteiger partial charge in [-0.15, -0.1) is 0 Å². The first-order valence-corrected chi connectivity index (χ1v) is 5.08. The average molecular weight is 260 g/mol. The number of fused-ring (bicyclic) bond motifs is 1. The Kier molecular flexibility index (Phi) is 2.09. The summed E-state index contributed by atoms with van der Waals surface area (Å²) in [6, 6.07) is 1.90. The second-order valence-electron chi connectivity index (χ2n) is 2.35. The number of methoxy groups -OCH3 is 1. The Morgan fingerprint density at radius 2 is 2.31 bits per heavy atom. The number of rotatable bonds is 1. The van der Waals surface area contributed by atoms with Gasteiger partial charge in [0.05, 0.1) is 16.3 Å². The number of nitrogens with zero attached hydrogens (tertiary/aromatic N) is 2. The Labute approximate surface area is 86.9 Å². The molecule has 2 aromatic heterocycles. The summed E-state index contributed by atoms with van der Waals surface area (Å²) >= 11 is 4.74. The van der Waals surface area contributed by atoms with E-state index in [2.05, 4.69) is 25.9 Å². The van der Waals surface area contributed by atoms with Gasteiger partial charge in [-0.05, 0) is 22.0 Å². The van der Waals surface area contributed by atoms with Gasteiger partial charge in [0.25, 0.3) is 0 Å². The molecule has 0 fully saturated rings. The van der Waals surface area contributed by atoms with E-state index in [-0.39, 0.29) is 0 Å². The molecule has 0 radical (unpaired) electrons. The van der Waals surface area contributed by atoms with Gasteiger partial charge >= 0.3 is 0 Å². The molecular weight excluding hydrogens is 254 g/mol. The van der Waals surface area contributed by atoms with E-state index in [1.54, 1.807) is 7.11 Å². The highest BCUT2D eigenvalue weighted by Gasteiger charge is 2.08. The Hall–Kier alpha value is -0.880. The SMILES string of the molecule is COc1nc2nc(N)sc2cc1Br. The van der Waals surface area contributed by atoms with Crippen molar-refractivity contribution in [3.63, 3.8) is 0 Å². The molecule has 0 aliphatic heterocycles. The average Bonchev–Trinajstić information content (AvgIpc) is 2.42. The standard InChI is InChI=1S/C7H6BrN3OS/c1-12-6-3(8)2-4-5(10-6)11-7(9)13-4/h2H,1H3,(H2,9,10,11). The predicted octanol–water partition coefficient (Wildman–Crippen LogP) is 2.04. The molecule has 0 saturated heterocycles. The van der Waals surface area contributed by atoms with Crippen LogP contribution in [0.1, 0.15) is 0 Å². The van der Waals surface area contributed by atoms with Crippen LogP contribution in [0.2, 0.25) is 0 Å². The zero-order chi connectivity index (χ0) is 9.42. The molecule has 0 aliphatic carbocycles. The summed E-state index contributed by atoms with van der Waals surface area (Å²) in [5.74, 6) is 0.526. The highest BCUT2D eigenvalue weighted by Crippen LogP contribution is 2.30. The fourth-order valence-electron chi connectivity index (χ4n) is 0.984. The van der Waals surface area contributed by atoms with E-state index < -0.39 is 0 Å².